The summed E-state index contributed by atoms with van der Waals surface area (Å²) in [5.41, 5.74) is 3.33. The summed E-state index contributed by atoms with van der Waals surface area (Å²) < 4.78 is 18.4. The number of rotatable bonds is 9. The van der Waals surface area contributed by atoms with Crippen molar-refractivity contribution in [2.24, 2.45) is 0 Å². The quantitative estimate of drug-likeness (QED) is 0.532. The molecule has 0 spiro atoms. The van der Waals surface area contributed by atoms with Crippen molar-refractivity contribution in [2.45, 2.75) is 50.9 Å². The van der Waals surface area contributed by atoms with E-state index in [9.17, 15) is 10.2 Å². The number of fused-ring (bicyclic) bond motifs is 1. The molecular formula is C28H38N2O5. The van der Waals surface area contributed by atoms with Gasteiger partial charge in [-0.05, 0) is 61.1 Å². The third-order valence-corrected chi connectivity index (χ3v) is 7.40. The minimum atomic E-state index is -0.191. The summed E-state index contributed by atoms with van der Waals surface area (Å²) >= 11 is 0. The van der Waals surface area contributed by atoms with Crippen LogP contribution < -0.4 is 14.2 Å². The number of β-amino-alcohol motifs (C(OH)–C–C–N with tert-alkyl or cyclic N) is 2. The number of nitrogens with zero attached hydrogens (tertiary/aromatic N) is 2. The molecule has 0 radical (unpaired) electrons. The lowest BCUT2D eigenvalue weighted by atomic mass is 9.99. The minimum absolute atomic E-state index is 0.0166. The van der Waals surface area contributed by atoms with Gasteiger partial charge in [-0.15, -0.1) is 0 Å². The van der Waals surface area contributed by atoms with Crippen LogP contribution in [0.5, 0.6) is 17.2 Å². The fourth-order valence-corrected chi connectivity index (χ4v) is 5.34. The van der Waals surface area contributed by atoms with Crippen molar-refractivity contribution < 1.29 is 24.4 Å². The van der Waals surface area contributed by atoms with Crippen LogP contribution in [0, 0.1) is 6.92 Å². The molecule has 2 fully saturated rings. The van der Waals surface area contributed by atoms with Gasteiger partial charge < -0.3 is 34.2 Å². The lowest BCUT2D eigenvalue weighted by Crippen LogP contribution is -2.34. The van der Waals surface area contributed by atoms with Gasteiger partial charge in [0.2, 0.25) is 0 Å². The molecule has 0 saturated carbocycles. The molecule has 7 heteroatoms. The zero-order valence-corrected chi connectivity index (χ0v) is 20.7. The van der Waals surface area contributed by atoms with E-state index < -0.39 is 0 Å². The van der Waals surface area contributed by atoms with Crippen molar-refractivity contribution in [3.05, 3.63) is 42.0 Å². The van der Waals surface area contributed by atoms with Gasteiger partial charge in [0.05, 0.1) is 18.8 Å². The van der Waals surface area contributed by atoms with E-state index in [2.05, 4.69) is 34.9 Å². The van der Waals surface area contributed by atoms with Crippen molar-refractivity contribution in [1.82, 2.24) is 9.80 Å². The van der Waals surface area contributed by atoms with Crippen LogP contribution in [0.3, 0.4) is 0 Å². The van der Waals surface area contributed by atoms with E-state index in [-0.39, 0.29) is 18.3 Å². The second-order valence-corrected chi connectivity index (χ2v) is 10.1. The van der Waals surface area contributed by atoms with Crippen molar-refractivity contribution in [3.8, 4) is 28.4 Å². The molecule has 2 aromatic carbocycles. The average molecular weight is 483 g/mol. The van der Waals surface area contributed by atoms with Crippen LogP contribution in [-0.2, 0) is 0 Å². The van der Waals surface area contributed by atoms with Crippen LogP contribution in [0.25, 0.3) is 11.1 Å². The fraction of sp³-hybridized carbons (Fsp3) is 0.571. The van der Waals surface area contributed by atoms with E-state index in [1.165, 1.54) is 0 Å². The van der Waals surface area contributed by atoms with Crippen molar-refractivity contribution in [2.75, 3.05) is 52.5 Å². The number of hydrogen-bond acceptors (Lipinski definition) is 7. The highest BCUT2D eigenvalue weighted by molar-refractivity contribution is 5.72. The second kappa shape index (κ2) is 11.2. The summed E-state index contributed by atoms with van der Waals surface area (Å²) in [6, 6.07) is 12.3. The Bertz CT molecular complexity index is 999. The number of hydrogen-bond donors (Lipinski definition) is 2. The van der Waals surface area contributed by atoms with Gasteiger partial charge in [0.1, 0.15) is 18.5 Å². The number of aliphatic hydroxyl groups is 2. The van der Waals surface area contributed by atoms with E-state index >= 15 is 0 Å². The summed E-state index contributed by atoms with van der Waals surface area (Å²) in [5.74, 6) is 2.49. The van der Waals surface area contributed by atoms with Gasteiger partial charge in [-0.1, -0.05) is 18.2 Å². The smallest absolute Gasteiger partial charge is 0.162 e. The van der Waals surface area contributed by atoms with E-state index in [4.69, 9.17) is 14.2 Å². The number of ether oxygens (including phenoxy) is 3. The molecule has 0 aliphatic carbocycles. The van der Waals surface area contributed by atoms with Crippen LogP contribution >= 0.6 is 0 Å². The Labute approximate surface area is 208 Å². The molecule has 190 valence electrons. The van der Waals surface area contributed by atoms with Crippen LogP contribution in [0.4, 0.5) is 0 Å². The molecule has 35 heavy (non-hydrogen) atoms. The molecule has 2 aromatic rings. The average Bonchev–Trinajstić information content (AvgIpc) is 3.48. The van der Waals surface area contributed by atoms with Gasteiger partial charge in [0, 0.05) is 45.7 Å². The molecule has 2 unspecified atom stereocenters. The van der Waals surface area contributed by atoms with Gasteiger partial charge in [-0.25, -0.2) is 0 Å². The standard InChI is InChI=1S/C28H38N2O5/c1-20-25(4-2-5-26(20)33-15-3-11-29-12-8-22(31)17-29)21-6-7-27-28(16-21)35-24(19-34-27)10-14-30-13-9-23(32)18-30/h2,4-7,16,22-24,31-32H,3,8-15,17-19H2,1H3/t22-,23?,24?/m1/s1. The molecule has 7 nitrogen and oxygen atoms in total. The third-order valence-electron chi connectivity index (χ3n) is 7.40. The molecule has 5 rings (SSSR count). The maximum atomic E-state index is 9.74. The van der Waals surface area contributed by atoms with Crippen LogP contribution in [0.1, 0.15) is 31.2 Å². The van der Waals surface area contributed by atoms with Crippen LogP contribution in [0.15, 0.2) is 36.4 Å². The fourth-order valence-electron chi connectivity index (χ4n) is 5.34. The highest BCUT2D eigenvalue weighted by Crippen LogP contribution is 2.38. The normalized spacial score (nSPS) is 24.7. The molecule has 2 saturated heterocycles. The summed E-state index contributed by atoms with van der Waals surface area (Å²) in [6.45, 7) is 8.65. The molecule has 0 amide bonds. The number of benzene rings is 2. The summed E-state index contributed by atoms with van der Waals surface area (Å²) in [6.07, 6.45) is 3.22. The second-order valence-electron chi connectivity index (χ2n) is 10.1. The van der Waals surface area contributed by atoms with Crippen LogP contribution in [0.2, 0.25) is 0 Å². The molecule has 3 heterocycles. The number of likely N-dealkylation sites (tertiary alicyclic amines) is 2. The highest BCUT2D eigenvalue weighted by Gasteiger charge is 2.25. The Hall–Kier alpha value is -2.32. The first-order valence-electron chi connectivity index (χ1n) is 13.0. The topological polar surface area (TPSA) is 74.6 Å². The SMILES string of the molecule is Cc1c(OCCCN2CC[C@@H](O)C2)cccc1-c1ccc2c(c1)OC(CCN1CCC(O)C1)CO2. The summed E-state index contributed by atoms with van der Waals surface area (Å²) in [7, 11) is 0. The Morgan fingerprint density at radius 2 is 1.74 bits per heavy atom. The van der Waals surface area contributed by atoms with Gasteiger partial charge in [-0.3, -0.25) is 0 Å². The first-order valence-corrected chi connectivity index (χ1v) is 13.0. The van der Waals surface area contributed by atoms with Gasteiger partial charge >= 0.3 is 0 Å². The highest BCUT2D eigenvalue weighted by atomic mass is 16.6. The van der Waals surface area contributed by atoms with E-state index in [1.807, 2.05) is 18.2 Å². The maximum Gasteiger partial charge on any atom is 0.162 e. The summed E-state index contributed by atoms with van der Waals surface area (Å²) in [4.78, 5) is 4.59. The first-order chi connectivity index (χ1) is 17.0. The Morgan fingerprint density at radius 1 is 0.971 bits per heavy atom. The van der Waals surface area contributed by atoms with Gasteiger partial charge in [0.25, 0.3) is 0 Å². The zero-order valence-electron chi connectivity index (χ0n) is 20.7. The van der Waals surface area contributed by atoms with E-state index in [0.717, 1.165) is 98.9 Å². The number of aliphatic hydroxyl groups excluding tert-OH is 2. The lowest BCUT2D eigenvalue weighted by Gasteiger charge is -2.28. The molecule has 2 N–H and O–H groups in total. The minimum Gasteiger partial charge on any atom is -0.493 e. The van der Waals surface area contributed by atoms with Crippen molar-refractivity contribution in [3.63, 3.8) is 0 Å². The molecule has 3 aliphatic heterocycles. The first kappa shape index (κ1) is 24.4. The molecule has 0 bridgehead atoms. The monoisotopic (exact) mass is 482 g/mol. The van der Waals surface area contributed by atoms with E-state index in [1.54, 1.807) is 0 Å². The molecule has 0 aromatic heterocycles. The lowest BCUT2D eigenvalue weighted by molar-refractivity contribution is 0.0757. The third kappa shape index (κ3) is 6.09. The van der Waals surface area contributed by atoms with Gasteiger partial charge in [-0.2, -0.15) is 0 Å². The van der Waals surface area contributed by atoms with E-state index in [0.29, 0.717) is 13.2 Å². The zero-order chi connectivity index (χ0) is 24.2. The maximum absolute atomic E-state index is 9.74. The largest absolute Gasteiger partial charge is 0.493 e. The van der Waals surface area contributed by atoms with Gasteiger partial charge in [0.15, 0.2) is 11.5 Å². The Kier molecular flexibility index (Phi) is 7.78. The van der Waals surface area contributed by atoms with Crippen LogP contribution in [-0.4, -0.2) is 90.8 Å². The molecular weight excluding hydrogens is 444 g/mol. The molecule has 3 atom stereocenters. The molecule has 3 aliphatic rings. The predicted molar refractivity (Wildman–Crippen MR) is 135 cm³/mol. The van der Waals surface area contributed by atoms with Crippen molar-refractivity contribution >= 4 is 0 Å². The Morgan fingerprint density at radius 3 is 2.49 bits per heavy atom. The Balaban J connectivity index is 1.18. The van der Waals surface area contributed by atoms with Crippen molar-refractivity contribution in [1.29, 1.82) is 0 Å². The predicted octanol–water partition coefficient (Wildman–Crippen LogP) is 3.09. The summed E-state index contributed by atoms with van der Waals surface area (Å²) in [5, 5.41) is 19.4.